The van der Waals surface area contributed by atoms with Crippen LogP contribution in [0.2, 0.25) is 0 Å². The molecule has 0 saturated heterocycles. The number of hydrogen-bond donors (Lipinski definition) is 2. The number of amides is 1. The number of benzene rings is 2. The van der Waals surface area contributed by atoms with Crippen LogP contribution in [0.1, 0.15) is 19.4 Å². The second kappa shape index (κ2) is 8.14. The monoisotopic (exact) mass is 342 g/mol. The Morgan fingerprint density at radius 3 is 2.44 bits per heavy atom. The summed E-state index contributed by atoms with van der Waals surface area (Å²) in [5.41, 5.74) is 0.926. The summed E-state index contributed by atoms with van der Waals surface area (Å²) in [4.78, 5) is 14.0. The van der Waals surface area contributed by atoms with Crippen LogP contribution in [0.3, 0.4) is 0 Å². The minimum atomic E-state index is -0.846. The van der Waals surface area contributed by atoms with E-state index >= 15 is 0 Å². The lowest BCUT2D eigenvalue weighted by atomic mass is 10.1. The van der Waals surface area contributed by atoms with Crippen molar-refractivity contribution in [3.8, 4) is 11.5 Å². The number of ether oxygens (including phenoxy) is 1. The molecule has 0 aliphatic heterocycles. The summed E-state index contributed by atoms with van der Waals surface area (Å²) >= 11 is 0. The van der Waals surface area contributed by atoms with E-state index in [1.165, 1.54) is 0 Å². The molecule has 0 fully saturated rings. The molecule has 0 atom stereocenters. The quantitative estimate of drug-likeness (QED) is 0.809. The average Bonchev–Trinajstić information content (AvgIpc) is 2.49. The molecule has 2 aromatic carbocycles. The van der Waals surface area contributed by atoms with Gasteiger partial charge in [0.05, 0.1) is 17.8 Å². The second-order valence-electron chi connectivity index (χ2n) is 6.94. The minimum absolute atomic E-state index is 0.160. The Morgan fingerprint density at radius 1 is 1.16 bits per heavy atom. The number of nitrogens with one attached hydrogen (secondary N) is 1. The highest BCUT2D eigenvalue weighted by atomic mass is 16.5. The molecule has 5 heteroatoms. The third-order valence-corrected chi connectivity index (χ3v) is 3.48. The molecule has 0 saturated carbocycles. The van der Waals surface area contributed by atoms with Gasteiger partial charge in [-0.3, -0.25) is 9.69 Å². The first-order valence-corrected chi connectivity index (χ1v) is 8.27. The highest BCUT2D eigenvalue weighted by Gasteiger charge is 2.18. The largest absolute Gasteiger partial charge is 0.455 e. The van der Waals surface area contributed by atoms with Gasteiger partial charge in [0, 0.05) is 6.54 Å². The molecular formula is C20H26N2O3. The molecule has 2 aromatic rings. The number of rotatable bonds is 7. The zero-order chi connectivity index (χ0) is 18.4. The van der Waals surface area contributed by atoms with Crippen LogP contribution in [0.15, 0.2) is 48.5 Å². The van der Waals surface area contributed by atoms with Gasteiger partial charge in [0.25, 0.3) is 0 Å². The van der Waals surface area contributed by atoms with Crippen molar-refractivity contribution in [1.29, 1.82) is 0 Å². The van der Waals surface area contributed by atoms with Gasteiger partial charge in [0.1, 0.15) is 5.75 Å². The lowest BCUT2D eigenvalue weighted by Gasteiger charge is -2.25. The first-order chi connectivity index (χ1) is 11.7. The van der Waals surface area contributed by atoms with Crippen LogP contribution >= 0.6 is 0 Å². The SMILES string of the molecule is Cc1ccc(Oc2ccccc2NC(=O)CN(C)CC(C)(C)O)cc1. The molecule has 0 aliphatic carbocycles. The van der Waals surface area contributed by atoms with Gasteiger partial charge in [0.2, 0.25) is 5.91 Å². The maximum absolute atomic E-state index is 12.3. The second-order valence-corrected chi connectivity index (χ2v) is 6.94. The fourth-order valence-corrected chi connectivity index (χ4v) is 2.54. The maximum atomic E-state index is 12.3. The Kier molecular flexibility index (Phi) is 6.17. The molecule has 0 heterocycles. The van der Waals surface area contributed by atoms with Gasteiger partial charge in [-0.05, 0) is 52.1 Å². The molecule has 2 rings (SSSR count). The van der Waals surface area contributed by atoms with Crippen LogP contribution < -0.4 is 10.1 Å². The van der Waals surface area contributed by atoms with Gasteiger partial charge in [-0.2, -0.15) is 0 Å². The third-order valence-electron chi connectivity index (χ3n) is 3.48. The Balaban J connectivity index is 2.02. The summed E-state index contributed by atoms with van der Waals surface area (Å²) in [5, 5.41) is 12.7. The van der Waals surface area contributed by atoms with Gasteiger partial charge in [-0.25, -0.2) is 0 Å². The first-order valence-electron chi connectivity index (χ1n) is 8.27. The highest BCUT2D eigenvalue weighted by Crippen LogP contribution is 2.29. The topological polar surface area (TPSA) is 61.8 Å². The lowest BCUT2D eigenvalue weighted by molar-refractivity contribution is -0.117. The average molecular weight is 342 g/mol. The zero-order valence-electron chi connectivity index (χ0n) is 15.2. The summed E-state index contributed by atoms with van der Waals surface area (Å²) in [6, 6.07) is 15.1. The van der Waals surface area contributed by atoms with E-state index in [9.17, 15) is 9.90 Å². The summed E-state index contributed by atoms with van der Waals surface area (Å²) < 4.78 is 5.88. The van der Waals surface area contributed by atoms with Crippen LogP contribution in [0, 0.1) is 6.92 Å². The minimum Gasteiger partial charge on any atom is -0.455 e. The number of aryl methyl sites for hydroxylation is 1. The number of carbonyl (C=O) groups excluding carboxylic acids is 1. The van der Waals surface area contributed by atoms with Crippen molar-refractivity contribution in [1.82, 2.24) is 4.90 Å². The number of likely N-dealkylation sites (N-methyl/N-ethyl adjacent to an activating group) is 1. The van der Waals surface area contributed by atoms with Crippen LogP contribution in [0.25, 0.3) is 0 Å². The van der Waals surface area contributed by atoms with Gasteiger partial charge >= 0.3 is 0 Å². The van der Waals surface area contributed by atoms with E-state index in [4.69, 9.17) is 4.74 Å². The van der Waals surface area contributed by atoms with Crippen LogP contribution in [0.5, 0.6) is 11.5 Å². The summed E-state index contributed by atoms with van der Waals surface area (Å²) in [5.74, 6) is 1.14. The number of anilines is 1. The Labute approximate surface area is 149 Å². The molecule has 2 N–H and O–H groups in total. The fraction of sp³-hybridized carbons (Fsp3) is 0.350. The normalized spacial score (nSPS) is 11.4. The maximum Gasteiger partial charge on any atom is 0.238 e. The number of para-hydroxylation sites is 2. The van der Waals surface area contributed by atoms with Crippen molar-refractivity contribution in [3.63, 3.8) is 0 Å². The lowest BCUT2D eigenvalue weighted by Crippen LogP contribution is -2.40. The van der Waals surface area contributed by atoms with Crippen molar-refractivity contribution >= 4 is 11.6 Å². The molecule has 5 nitrogen and oxygen atoms in total. The van der Waals surface area contributed by atoms with Gasteiger partial charge in [0.15, 0.2) is 5.75 Å². The van der Waals surface area contributed by atoms with Gasteiger partial charge in [-0.1, -0.05) is 29.8 Å². The zero-order valence-corrected chi connectivity index (χ0v) is 15.2. The van der Waals surface area contributed by atoms with Crippen LogP contribution in [0.4, 0.5) is 5.69 Å². The van der Waals surface area contributed by atoms with E-state index in [-0.39, 0.29) is 12.5 Å². The molecule has 0 spiro atoms. The predicted molar refractivity (Wildman–Crippen MR) is 100 cm³/mol. The number of nitrogens with zero attached hydrogens (tertiary/aromatic N) is 1. The Morgan fingerprint density at radius 2 is 1.80 bits per heavy atom. The van der Waals surface area contributed by atoms with E-state index in [0.29, 0.717) is 23.7 Å². The number of carbonyl (C=O) groups is 1. The summed E-state index contributed by atoms with van der Waals surface area (Å²) in [7, 11) is 1.80. The number of aliphatic hydroxyl groups is 1. The van der Waals surface area contributed by atoms with E-state index in [2.05, 4.69) is 5.32 Å². The smallest absolute Gasteiger partial charge is 0.238 e. The molecule has 0 bridgehead atoms. The van der Waals surface area contributed by atoms with Crippen molar-refractivity contribution in [3.05, 3.63) is 54.1 Å². The standard InChI is InChI=1S/C20H26N2O3/c1-15-9-11-16(12-10-15)25-18-8-6-5-7-17(18)21-19(23)13-22(4)14-20(2,3)24/h5-12,24H,13-14H2,1-4H3,(H,21,23). The van der Waals surface area contributed by atoms with Crippen molar-refractivity contribution in [2.24, 2.45) is 0 Å². The van der Waals surface area contributed by atoms with Gasteiger partial charge < -0.3 is 15.2 Å². The predicted octanol–water partition coefficient (Wildman–Crippen LogP) is 3.43. The number of hydrogen-bond acceptors (Lipinski definition) is 4. The van der Waals surface area contributed by atoms with Gasteiger partial charge in [-0.15, -0.1) is 0 Å². The summed E-state index contributed by atoms with van der Waals surface area (Å²) in [6.07, 6.45) is 0. The molecule has 0 aromatic heterocycles. The molecule has 1 amide bonds. The van der Waals surface area contributed by atoms with E-state index < -0.39 is 5.60 Å². The summed E-state index contributed by atoms with van der Waals surface area (Å²) in [6.45, 7) is 6.03. The first kappa shape index (κ1) is 19.0. The highest BCUT2D eigenvalue weighted by molar-refractivity contribution is 5.93. The third kappa shape index (κ3) is 6.57. The molecular weight excluding hydrogens is 316 g/mol. The van der Waals surface area contributed by atoms with E-state index in [1.807, 2.05) is 49.4 Å². The Bertz CT molecular complexity index is 706. The molecule has 25 heavy (non-hydrogen) atoms. The molecule has 0 unspecified atom stereocenters. The molecule has 0 aliphatic rings. The van der Waals surface area contributed by atoms with Crippen LogP contribution in [-0.4, -0.2) is 41.7 Å². The van der Waals surface area contributed by atoms with E-state index in [1.54, 1.807) is 31.9 Å². The fourth-order valence-electron chi connectivity index (χ4n) is 2.54. The Hall–Kier alpha value is -2.37. The molecule has 134 valence electrons. The van der Waals surface area contributed by atoms with Crippen molar-refractivity contribution in [2.45, 2.75) is 26.4 Å². The van der Waals surface area contributed by atoms with E-state index in [0.717, 1.165) is 5.56 Å². The van der Waals surface area contributed by atoms with Crippen molar-refractivity contribution < 1.29 is 14.6 Å². The van der Waals surface area contributed by atoms with Crippen LogP contribution in [-0.2, 0) is 4.79 Å². The molecule has 0 radical (unpaired) electrons. The van der Waals surface area contributed by atoms with Crippen molar-refractivity contribution in [2.75, 3.05) is 25.5 Å².